The molecule has 0 aliphatic carbocycles. The molecule has 32 heavy (non-hydrogen) atoms. The number of ether oxygens (including phenoxy) is 1. The lowest BCUT2D eigenvalue weighted by atomic mass is 10.1. The zero-order chi connectivity index (χ0) is 22.9. The van der Waals surface area contributed by atoms with Gasteiger partial charge in [0.2, 0.25) is 5.91 Å². The molecule has 1 aromatic heterocycles. The van der Waals surface area contributed by atoms with Gasteiger partial charge in [0.25, 0.3) is 5.91 Å². The summed E-state index contributed by atoms with van der Waals surface area (Å²) in [6.45, 7) is 2.63. The Balaban J connectivity index is 1.81. The summed E-state index contributed by atoms with van der Waals surface area (Å²) in [5, 5.41) is 0. The van der Waals surface area contributed by atoms with Crippen LogP contribution in [0.15, 0.2) is 71.1 Å². The van der Waals surface area contributed by atoms with Gasteiger partial charge in [0, 0.05) is 20.2 Å². The normalized spacial score (nSPS) is 10.7. The number of hydrogen-bond acceptors (Lipinski definition) is 4. The lowest BCUT2D eigenvalue weighted by Crippen LogP contribution is -2.44. The minimum absolute atomic E-state index is 0.0762. The number of carbonyl (C=O) groups is 2. The molecule has 3 aromatic rings. The Labute approximate surface area is 187 Å². The molecule has 0 saturated heterocycles. The van der Waals surface area contributed by atoms with Gasteiger partial charge in [0.05, 0.1) is 18.7 Å². The van der Waals surface area contributed by atoms with Crippen LogP contribution in [0.3, 0.4) is 0 Å². The molecule has 0 aliphatic rings. The maximum Gasteiger partial charge on any atom is 0.257 e. The van der Waals surface area contributed by atoms with Crippen LogP contribution >= 0.6 is 0 Å². The summed E-state index contributed by atoms with van der Waals surface area (Å²) in [6, 6.07) is 19.0. The largest absolute Gasteiger partial charge is 0.464 e. The van der Waals surface area contributed by atoms with Crippen molar-refractivity contribution in [2.75, 3.05) is 26.8 Å². The number of aryl methyl sites for hydroxylation is 1. The van der Waals surface area contributed by atoms with Gasteiger partial charge in [0.1, 0.15) is 23.9 Å². The first-order valence-corrected chi connectivity index (χ1v) is 10.4. The van der Waals surface area contributed by atoms with Crippen molar-refractivity contribution in [2.24, 2.45) is 0 Å². The van der Waals surface area contributed by atoms with Crippen molar-refractivity contribution in [3.63, 3.8) is 0 Å². The summed E-state index contributed by atoms with van der Waals surface area (Å²) in [5.41, 5.74) is 0.876. The zero-order valence-corrected chi connectivity index (χ0v) is 18.3. The number of carbonyl (C=O) groups excluding carboxylic acids is 2. The second-order valence-electron chi connectivity index (χ2n) is 7.45. The van der Waals surface area contributed by atoms with Crippen molar-refractivity contribution in [3.8, 4) is 0 Å². The SMILES string of the molecule is COCCN(CC(=O)N(Cc1ccccc1)Cc1ccc(C)o1)C(=O)c1ccccc1F. The summed E-state index contributed by atoms with van der Waals surface area (Å²) in [6.07, 6.45) is 0. The summed E-state index contributed by atoms with van der Waals surface area (Å²) in [7, 11) is 1.51. The molecule has 0 N–H and O–H groups in total. The fourth-order valence-electron chi connectivity index (χ4n) is 3.32. The lowest BCUT2D eigenvalue weighted by molar-refractivity contribution is -0.133. The van der Waals surface area contributed by atoms with Gasteiger partial charge in [-0.3, -0.25) is 9.59 Å². The first-order valence-electron chi connectivity index (χ1n) is 10.4. The number of hydrogen-bond donors (Lipinski definition) is 0. The van der Waals surface area contributed by atoms with Gasteiger partial charge in [-0.05, 0) is 36.8 Å². The fourth-order valence-corrected chi connectivity index (χ4v) is 3.32. The molecule has 2 aromatic carbocycles. The fraction of sp³-hybridized carbons (Fsp3) is 0.280. The first-order chi connectivity index (χ1) is 15.5. The Morgan fingerprint density at radius 2 is 1.66 bits per heavy atom. The third kappa shape index (κ3) is 6.28. The van der Waals surface area contributed by atoms with Crippen molar-refractivity contribution in [1.82, 2.24) is 9.80 Å². The molecule has 0 aliphatic heterocycles. The summed E-state index contributed by atoms with van der Waals surface area (Å²) >= 11 is 0. The summed E-state index contributed by atoms with van der Waals surface area (Å²) < 4.78 is 25.0. The minimum atomic E-state index is -0.625. The van der Waals surface area contributed by atoms with Crippen molar-refractivity contribution in [1.29, 1.82) is 0 Å². The van der Waals surface area contributed by atoms with Gasteiger partial charge in [-0.2, -0.15) is 0 Å². The Morgan fingerprint density at radius 1 is 0.938 bits per heavy atom. The highest BCUT2D eigenvalue weighted by Crippen LogP contribution is 2.15. The number of furan rings is 1. The van der Waals surface area contributed by atoms with Gasteiger partial charge >= 0.3 is 0 Å². The van der Waals surface area contributed by atoms with Gasteiger partial charge < -0.3 is 19.0 Å². The molecule has 3 rings (SSSR count). The molecule has 0 radical (unpaired) electrons. The average Bonchev–Trinajstić information content (AvgIpc) is 3.21. The highest BCUT2D eigenvalue weighted by atomic mass is 19.1. The molecule has 6 nitrogen and oxygen atoms in total. The number of benzene rings is 2. The molecule has 0 fully saturated rings. The molecule has 0 saturated carbocycles. The van der Waals surface area contributed by atoms with Crippen LogP contribution in [0.2, 0.25) is 0 Å². The lowest BCUT2D eigenvalue weighted by Gasteiger charge is -2.27. The van der Waals surface area contributed by atoms with Gasteiger partial charge in [-0.15, -0.1) is 0 Å². The highest BCUT2D eigenvalue weighted by Gasteiger charge is 2.24. The number of amides is 2. The second kappa shape index (κ2) is 11.2. The molecular formula is C25H27FN2O4. The van der Waals surface area contributed by atoms with Gasteiger partial charge in [-0.1, -0.05) is 42.5 Å². The van der Waals surface area contributed by atoms with Crippen molar-refractivity contribution in [3.05, 3.63) is 95.2 Å². The molecule has 0 unspecified atom stereocenters. The van der Waals surface area contributed by atoms with Crippen LogP contribution < -0.4 is 0 Å². The van der Waals surface area contributed by atoms with Crippen LogP contribution in [0.1, 0.15) is 27.4 Å². The third-order valence-electron chi connectivity index (χ3n) is 4.99. The Bertz CT molecular complexity index is 1040. The second-order valence-corrected chi connectivity index (χ2v) is 7.45. The van der Waals surface area contributed by atoms with E-state index in [-0.39, 0.29) is 37.7 Å². The summed E-state index contributed by atoms with van der Waals surface area (Å²) in [5.74, 6) is -0.0514. The highest BCUT2D eigenvalue weighted by molar-refractivity contribution is 5.96. The van der Waals surface area contributed by atoms with Crippen LogP contribution in [-0.2, 0) is 22.6 Å². The molecule has 0 bridgehead atoms. The number of methoxy groups -OCH3 is 1. The molecule has 168 valence electrons. The molecule has 0 atom stereocenters. The van der Waals surface area contributed by atoms with Gasteiger partial charge in [-0.25, -0.2) is 4.39 Å². The predicted molar refractivity (Wildman–Crippen MR) is 118 cm³/mol. The first kappa shape index (κ1) is 23.2. The van der Waals surface area contributed by atoms with E-state index in [4.69, 9.17) is 9.15 Å². The Hall–Kier alpha value is -3.45. The average molecular weight is 438 g/mol. The van der Waals surface area contributed by atoms with E-state index < -0.39 is 11.7 Å². The standard InChI is InChI=1S/C25H27FN2O4/c1-19-12-13-21(32-19)17-28(16-20-8-4-3-5-9-20)24(29)18-27(14-15-31-2)25(30)22-10-6-7-11-23(22)26/h3-13H,14-18H2,1-2H3. The smallest absolute Gasteiger partial charge is 0.257 e. The summed E-state index contributed by atoms with van der Waals surface area (Å²) in [4.78, 5) is 29.2. The number of nitrogens with zero attached hydrogens (tertiary/aromatic N) is 2. The molecule has 2 amide bonds. The Morgan fingerprint density at radius 3 is 2.31 bits per heavy atom. The van der Waals surface area contributed by atoms with Gasteiger partial charge in [0.15, 0.2) is 0 Å². The maximum absolute atomic E-state index is 14.2. The van der Waals surface area contributed by atoms with Crippen LogP contribution in [-0.4, -0.2) is 48.4 Å². The van der Waals surface area contributed by atoms with E-state index in [1.165, 1.54) is 30.2 Å². The van der Waals surface area contributed by atoms with Crippen LogP contribution in [0.25, 0.3) is 0 Å². The number of halogens is 1. The van der Waals surface area contributed by atoms with E-state index in [9.17, 15) is 14.0 Å². The third-order valence-corrected chi connectivity index (χ3v) is 4.99. The van der Waals surface area contributed by atoms with Crippen molar-refractivity contribution in [2.45, 2.75) is 20.0 Å². The molecule has 7 heteroatoms. The molecule has 0 spiro atoms. The van der Waals surface area contributed by atoms with E-state index in [0.717, 1.165) is 11.3 Å². The van der Waals surface area contributed by atoms with E-state index in [1.54, 1.807) is 11.0 Å². The molecule has 1 heterocycles. The molecular weight excluding hydrogens is 411 g/mol. The van der Waals surface area contributed by atoms with Crippen LogP contribution in [0, 0.1) is 12.7 Å². The van der Waals surface area contributed by atoms with Crippen LogP contribution in [0.5, 0.6) is 0 Å². The van der Waals surface area contributed by atoms with E-state index in [0.29, 0.717) is 12.3 Å². The quantitative estimate of drug-likeness (QED) is 0.479. The Kier molecular flexibility index (Phi) is 8.16. The van der Waals surface area contributed by atoms with Crippen LogP contribution in [0.4, 0.5) is 4.39 Å². The maximum atomic E-state index is 14.2. The van der Waals surface area contributed by atoms with E-state index in [2.05, 4.69) is 0 Å². The number of rotatable bonds is 10. The monoisotopic (exact) mass is 438 g/mol. The van der Waals surface area contributed by atoms with Crippen molar-refractivity contribution >= 4 is 11.8 Å². The van der Waals surface area contributed by atoms with E-state index >= 15 is 0 Å². The predicted octanol–water partition coefficient (Wildman–Crippen LogP) is 4.04. The van der Waals surface area contributed by atoms with Crippen molar-refractivity contribution < 1.29 is 23.1 Å². The topological polar surface area (TPSA) is 63.0 Å². The minimum Gasteiger partial charge on any atom is -0.464 e. The zero-order valence-electron chi connectivity index (χ0n) is 18.3. The van der Waals surface area contributed by atoms with E-state index in [1.807, 2.05) is 49.4 Å².